The SMILES string of the molecule is CCCNc1nc(CC)nc(NCCc2ccsc2)c1C. The minimum absolute atomic E-state index is 0.848. The number of nitrogens with one attached hydrogen (secondary N) is 2. The summed E-state index contributed by atoms with van der Waals surface area (Å²) in [6.07, 6.45) is 2.96. The van der Waals surface area contributed by atoms with Crippen LogP contribution in [0.3, 0.4) is 0 Å². The molecule has 0 radical (unpaired) electrons. The summed E-state index contributed by atoms with van der Waals surface area (Å²) in [7, 11) is 0. The Labute approximate surface area is 131 Å². The highest BCUT2D eigenvalue weighted by molar-refractivity contribution is 7.07. The van der Waals surface area contributed by atoms with Crippen LogP contribution in [0, 0.1) is 6.92 Å². The van der Waals surface area contributed by atoms with Gasteiger partial charge in [-0.2, -0.15) is 11.3 Å². The van der Waals surface area contributed by atoms with Gasteiger partial charge in [-0.25, -0.2) is 9.97 Å². The molecule has 2 rings (SSSR count). The van der Waals surface area contributed by atoms with Gasteiger partial charge in [-0.05, 0) is 42.2 Å². The Bertz CT molecular complexity index is 552. The standard InChI is InChI=1S/C16H24N4S/c1-4-8-17-15-12(3)16(20-14(5-2)19-15)18-9-6-13-7-10-21-11-13/h7,10-11H,4-6,8-9H2,1-3H3,(H2,17,18,19,20). The molecule has 0 fully saturated rings. The van der Waals surface area contributed by atoms with Crippen molar-refractivity contribution in [3.05, 3.63) is 33.8 Å². The van der Waals surface area contributed by atoms with E-state index in [0.717, 1.165) is 55.4 Å². The van der Waals surface area contributed by atoms with E-state index < -0.39 is 0 Å². The number of thiophene rings is 1. The van der Waals surface area contributed by atoms with Crippen molar-refractivity contribution in [3.63, 3.8) is 0 Å². The summed E-state index contributed by atoms with van der Waals surface area (Å²) >= 11 is 1.74. The first-order valence-electron chi connectivity index (χ1n) is 7.60. The molecule has 21 heavy (non-hydrogen) atoms. The molecule has 114 valence electrons. The maximum Gasteiger partial charge on any atom is 0.134 e. The van der Waals surface area contributed by atoms with Crippen molar-refractivity contribution < 1.29 is 0 Å². The Morgan fingerprint density at radius 2 is 1.81 bits per heavy atom. The summed E-state index contributed by atoms with van der Waals surface area (Å²) in [6, 6.07) is 2.17. The molecule has 4 nitrogen and oxygen atoms in total. The van der Waals surface area contributed by atoms with Crippen LogP contribution in [0.5, 0.6) is 0 Å². The molecule has 0 bridgehead atoms. The van der Waals surface area contributed by atoms with Gasteiger partial charge >= 0.3 is 0 Å². The van der Waals surface area contributed by atoms with Gasteiger partial charge in [-0.15, -0.1) is 0 Å². The first kappa shape index (κ1) is 15.8. The van der Waals surface area contributed by atoms with Gasteiger partial charge in [0, 0.05) is 25.1 Å². The van der Waals surface area contributed by atoms with Crippen LogP contribution in [0.15, 0.2) is 16.8 Å². The Balaban J connectivity index is 2.05. The van der Waals surface area contributed by atoms with Crippen LogP contribution < -0.4 is 10.6 Å². The topological polar surface area (TPSA) is 49.8 Å². The quantitative estimate of drug-likeness (QED) is 0.777. The van der Waals surface area contributed by atoms with E-state index in [1.165, 1.54) is 5.56 Å². The van der Waals surface area contributed by atoms with Gasteiger partial charge in [0.25, 0.3) is 0 Å². The Morgan fingerprint density at radius 3 is 2.38 bits per heavy atom. The minimum Gasteiger partial charge on any atom is -0.370 e. The molecule has 2 aromatic heterocycles. The van der Waals surface area contributed by atoms with Gasteiger partial charge in [0.15, 0.2) is 0 Å². The lowest BCUT2D eigenvalue weighted by Gasteiger charge is -2.14. The van der Waals surface area contributed by atoms with Gasteiger partial charge in [0.1, 0.15) is 17.5 Å². The molecule has 0 atom stereocenters. The molecule has 0 aliphatic rings. The monoisotopic (exact) mass is 304 g/mol. The molecule has 0 aromatic carbocycles. The van der Waals surface area contributed by atoms with Crippen LogP contribution in [0.1, 0.15) is 37.2 Å². The van der Waals surface area contributed by atoms with Crippen LogP contribution in [0.4, 0.5) is 11.6 Å². The van der Waals surface area contributed by atoms with Crippen molar-refractivity contribution in [3.8, 4) is 0 Å². The number of aryl methyl sites for hydroxylation is 1. The lowest BCUT2D eigenvalue weighted by atomic mass is 10.2. The van der Waals surface area contributed by atoms with E-state index in [4.69, 9.17) is 0 Å². The summed E-state index contributed by atoms with van der Waals surface area (Å²) in [5.41, 5.74) is 2.48. The van der Waals surface area contributed by atoms with Crippen LogP contribution >= 0.6 is 11.3 Å². The lowest BCUT2D eigenvalue weighted by Crippen LogP contribution is -2.13. The maximum absolute atomic E-state index is 4.62. The first-order valence-corrected chi connectivity index (χ1v) is 8.55. The molecule has 0 unspecified atom stereocenters. The van der Waals surface area contributed by atoms with Gasteiger partial charge in [0.05, 0.1) is 0 Å². The van der Waals surface area contributed by atoms with Crippen molar-refractivity contribution in [2.75, 3.05) is 23.7 Å². The number of hydrogen-bond acceptors (Lipinski definition) is 5. The second kappa shape index (κ2) is 7.98. The zero-order valence-corrected chi connectivity index (χ0v) is 13.9. The van der Waals surface area contributed by atoms with E-state index in [2.05, 4.69) is 58.2 Å². The number of hydrogen-bond donors (Lipinski definition) is 2. The van der Waals surface area contributed by atoms with E-state index in [1.54, 1.807) is 11.3 Å². The fourth-order valence-corrected chi connectivity index (χ4v) is 2.77. The van der Waals surface area contributed by atoms with Crippen molar-refractivity contribution >= 4 is 23.0 Å². The van der Waals surface area contributed by atoms with Crippen molar-refractivity contribution in [1.82, 2.24) is 9.97 Å². The minimum atomic E-state index is 0.848. The molecule has 0 spiro atoms. The van der Waals surface area contributed by atoms with Gasteiger partial charge in [0.2, 0.25) is 0 Å². The molecule has 0 aliphatic carbocycles. The molecular weight excluding hydrogens is 280 g/mol. The second-order valence-corrected chi connectivity index (χ2v) is 5.83. The first-order chi connectivity index (χ1) is 10.2. The van der Waals surface area contributed by atoms with Crippen molar-refractivity contribution in [1.29, 1.82) is 0 Å². The summed E-state index contributed by atoms with van der Waals surface area (Å²) in [5.74, 6) is 2.80. The average Bonchev–Trinajstić information content (AvgIpc) is 3.01. The third-order valence-electron chi connectivity index (χ3n) is 3.34. The zero-order valence-electron chi connectivity index (χ0n) is 13.1. The Kier molecular flexibility index (Phi) is 5.99. The van der Waals surface area contributed by atoms with Crippen LogP contribution in [0.25, 0.3) is 0 Å². The highest BCUT2D eigenvalue weighted by atomic mass is 32.1. The third-order valence-corrected chi connectivity index (χ3v) is 4.07. The second-order valence-electron chi connectivity index (χ2n) is 5.05. The molecule has 2 aromatic rings. The molecule has 0 saturated carbocycles. The van der Waals surface area contributed by atoms with E-state index in [9.17, 15) is 0 Å². The van der Waals surface area contributed by atoms with Crippen LogP contribution in [-0.4, -0.2) is 23.1 Å². The van der Waals surface area contributed by atoms with Crippen LogP contribution in [0.2, 0.25) is 0 Å². The Morgan fingerprint density at radius 1 is 1.10 bits per heavy atom. The highest BCUT2D eigenvalue weighted by Crippen LogP contribution is 2.20. The normalized spacial score (nSPS) is 10.6. The lowest BCUT2D eigenvalue weighted by molar-refractivity contribution is 0.899. The molecule has 0 saturated heterocycles. The number of anilines is 2. The molecular formula is C16H24N4S. The fourth-order valence-electron chi connectivity index (χ4n) is 2.07. The predicted octanol–water partition coefficient (Wildman–Crippen LogP) is 3.89. The largest absolute Gasteiger partial charge is 0.370 e. The maximum atomic E-state index is 4.62. The van der Waals surface area contributed by atoms with Gasteiger partial charge < -0.3 is 10.6 Å². The fraction of sp³-hybridized carbons (Fsp3) is 0.500. The van der Waals surface area contributed by atoms with Gasteiger partial charge in [-0.1, -0.05) is 13.8 Å². The molecule has 0 amide bonds. The van der Waals surface area contributed by atoms with E-state index >= 15 is 0 Å². The molecule has 2 N–H and O–H groups in total. The third kappa shape index (κ3) is 4.43. The van der Waals surface area contributed by atoms with Crippen LogP contribution in [-0.2, 0) is 12.8 Å². The summed E-state index contributed by atoms with van der Waals surface area (Å²) in [5, 5.41) is 11.2. The Hall–Kier alpha value is -1.62. The predicted molar refractivity (Wildman–Crippen MR) is 91.4 cm³/mol. The van der Waals surface area contributed by atoms with E-state index in [1.807, 2.05) is 0 Å². The number of rotatable bonds is 8. The average molecular weight is 304 g/mol. The number of aromatic nitrogens is 2. The summed E-state index contributed by atoms with van der Waals surface area (Å²) in [4.78, 5) is 9.21. The zero-order chi connectivity index (χ0) is 15.1. The van der Waals surface area contributed by atoms with Gasteiger partial charge in [-0.3, -0.25) is 0 Å². The van der Waals surface area contributed by atoms with E-state index in [-0.39, 0.29) is 0 Å². The molecule has 0 aliphatic heterocycles. The highest BCUT2D eigenvalue weighted by Gasteiger charge is 2.09. The van der Waals surface area contributed by atoms with Crippen molar-refractivity contribution in [2.24, 2.45) is 0 Å². The molecule has 5 heteroatoms. The van der Waals surface area contributed by atoms with E-state index in [0.29, 0.717) is 0 Å². The molecule has 2 heterocycles. The summed E-state index contributed by atoms with van der Waals surface area (Å²) in [6.45, 7) is 8.15. The summed E-state index contributed by atoms with van der Waals surface area (Å²) < 4.78 is 0. The smallest absolute Gasteiger partial charge is 0.134 e. The number of nitrogens with zero attached hydrogens (tertiary/aromatic N) is 2. The van der Waals surface area contributed by atoms with Crippen molar-refractivity contribution in [2.45, 2.75) is 40.0 Å².